The number of ether oxygens (including phenoxy) is 2. The lowest BCUT2D eigenvalue weighted by Crippen LogP contribution is -2.66. The lowest BCUT2D eigenvalue weighted by Gasteiger charge is -2.53. The van der Waals surface area contributed by atoms with Gasteiger partial charge >= 0.3 is 12.0 Å². The SMILES string of the molecule is C=CC(=O)N1CCN(C)C2(CCN(C(=O)N(C)[C@H](C(=O)N[C@H]3Cc4cc(CF)cc(n4)-c4ccc5c(c4)c(c(-c4cccnc4[C@H](C)OC)n5CC)CC(C)(C)COC(=O)[C@@H]4CCCN(N4)C3=O)C(C)C)CC2)C1. The van der Waals surface area contributed by atoms with Crippen molar-refractivity contribution in [1.82, 2.24) is 49.9 Å². The predicted molar refractivity (Wildman–Crippen MR) is 281 cm³/mol. The Bertz CT molecular complexity index is 2770. The van der Waals surface area contributed by atoms with Crippen LogP contribution in [0.4, 0.5) is 9.18 Å². The molecule has 8 rings (SSSR count). The molecule has 4 atom stereocenters. The minimum absolute atomic E-state index is 0.0833. The molecule has 1 spiro atoms. The maximum atomic E-state index is 15.0. The number of benzene rings is 1. The van der Waals surface area contributed by atoms with Gasteiger partial charge < -0.3 is 34.1 Å². The van der Waals surface area contributed by atoms with E-state index in [0.717, 1.165) is 39.0 Å². The summed E-state index contributed by atoms with van der Waals surface area (Å²) in [6, 6.07) is 10.0. The van der Waals surface area contributed by atoms with Crippen LogP contribution in [0.5, 0.6) is 0 Å². The molecule has 3 fully saturated rings. The fraction of sp³-hybridized carbons (Fsp3) is 0.554. The third kappa shape index (κ3) is 10.9. The Morgan fingerprint density at radius 2 is 1.81 bits per heavy atom. The lowest BCUT2D eigenvalue weighted by molar-refractivity contribution is -0.155. The largest absolute Gasteiger partial charge is 0.464 e. The average Bonchev–Trinajstić information content (AvgIpc) is 3.70. The number of piperidine rings is 1. The number of amides is 5. The molecule has 1 aromatic carbocycles. The number of halogens is 1. The summed E-state index contributed by atoms with van der Waals surface area (Å²) in [5, 5.41) is 5.34. The Balaban J connectivity index is 1.15. The first-order valence-electron chi connectivity index (χ1n) is 26.2. The van der Waals surface area contributed by atoms with E-state index in [9.17, 15) is 24.0 Å². The average molecular weight is 1020 g/mol. The number of likely N-dealkylation sites (tertiary alicyclic amines) is 1. The lowest BCUT2D eigenvalue weighted by atomic mass is 9.83. The summed E-state index contributed by atoms with van der Waals surface area (Å²) >= 11 is 0. The van der Waals surface area contributed by atoms with Gasteiger partial charge in [-0.1, -0.05) is 40.3 Å². The number of aromatic nitrogens is 3. The Morgan fingerprint density at radius 1 is 1.05 bits per heavy atom. The quantitative estimate of drug-likeness (QED) is 0.132. The maximum Gasteiger partial charge on any atom is 0.324 e. The van der Waals surface area contributed by atoms with Crippen molar-refractivity contribution >= 4 is 40.6 Å². The second-order valence-corrected chi connectivity index (χ2v) is 21.8. The number of aryl methyl sites for hydroxylation is 1. The molecule has 0 unspecified atom stereocenters. The number of esters is 1. The maximum absolute atomic E-state index is 15.0. The molecule has 0 radical (unpaired) electrons. The van der Waals surface area contributed by atoms with E-state index in [1.54, 1.807) is 37.4 Å². The first-order valence-corrected chi connectivity index (χ1v) is 26.2. The molecule has 0 saturated carbocycles. The first-order chi connectivity index (χ1) is 35.3. The van der Waals surface area contributed by atoms with Crippen LogP contribution in [0.1, 0.15) is 95.8 Å². The minimum Gasteiger partial charge on any atom is -0.464 e. The zero-order valence-corrected chi connectivity index (χ0v) is 44.7. The number of fused-ring (bicyclic) bond motifs is 6. The standard InChI is InChI=1S/C56H75FN10O7/c1-11-47(68)65-26-25-62(8)56(33-65)19-23-64(24-20-56)54(72)63(9)49(35(3)4)51(69)60-45-30-39-27-37(32-57)28-44(59-39)38-17-18-46-41(29-38)42(50(66(46)12-2)40-15-13-21-58-48(40)36(5)73-10)31-55(6,7)34-74-53(71)43-16-14-22-67(61-43)52(45)70/h11,13,15,17-18,21,27-29,35-36,43,45,49,61H,1,12,14,16,19-20,22-26,30-34H2,2-10H3,(H,60,69)/t36-,43-,45-,49-/m0/s1. The highest BCUT2D eigenvalue weighted by atomic mass is 19.1. The van der Waals surface area contributed by atoms with Gasteiger partial charge in [0.25, 0.3) is 5.91 Å². The number of hydrogen-bond acceptors (Lipinski definition) is 11. The molecular weight excluding hydrogens is 944 g/mol. The number of carbonyl (C=O) groups is 5. The van der Waals surface area contributed by atoms with Crippen molar-refractivity contribution in [3.05, 3.63) is 83.8 Å². The normalized spacial score (nSPS) is 21.3. The molecule has 4 aromatic rings. The molecule has 74 heavy (non-hydrogen) atoms. The van der Waals surface area contributed by atoms with Crippen LogP contribution in [0.2, 0.25) is 0 Å². The second kappa shape index (κ2) is 22.3. The fourth-order valence-corrected chi connectivity index (χ4v) is 11.6. The number of rotatable bonds is 10. The number of hydrazine groups is 1. The molecule has 18 heteroatoms. The van der Waals surface area contributed by atoms with Crippen LogP contribution < -0.4 is 10.7 Å². The van der Waals surface area contributed by atoms with E-state index >= 15 is 4.39 Å². The zero-order valence-electron chi connectivity index (χ0n) is 44.7. The van der Waals surface area contributed by atoms with Crippen molar-refractivity contribution in [2.45, 2.75) is 123 Å². The van der Waals surface area contributed by atoms with E-state index in [2.05, 4.69) is 72.8 Å². The van der Waals surface area contributed by atoms with Crippen LogP contribution in [-0.2, 0) is 54.7 Å². The number of piperazine rings is 1. The van der Waals surface area contributed by atoms with E-state index < -0.39 is 48.0 Å². The smallest absolute Gasteiger partial charge is 0.324 e. The Hall–Kier alpha value is -6.24. The summed E-state index contributed by atoms with van der Waals surface area (Å²) in [6.07, 6.45) is 5.39. The topological polar surface area (TPSA) is 175 Å². The Labute approximate surface area is 434 Å². The summed E-state index contributed by atoms with van der Waals surface area (Å²) in [5.41, 5.74) is 8.91. The number of nitrogens with zero attached hydrogens (tertiary/aromatic N) is 8. The van der Waals surface area contributed by atoms with Crippen molar-refractivity contribution < 1.29 is 37.8 Å². The van der Waals surface area contributed by atoms with Gasteiger partial charge in [-0.05, 0) is 113 Å². The summed E-state index contributed by atoms with van der Waals surface area (Å²) in [7, 11) is 5.33. The highest BCUT2D eigenvalue weighted by molar-refractivity contribution is 5.96. The van der Waals surface area contributed by atoms with Crippen molar-refractivity contribution in [1.29, 1.82) is 0 Å². The number of carbonyl (C=O) groups excluding carboxylic acids is 5. The molecule has 398 valence electrons. The molecular formula is C56H75FN10O7. The fourth-order valence-electron chi connectivity index (χ4n) is 11.6. The number of likely N-dealkylation sites (N-methyl/N-ethyl adjacent to an activating group) is 2. The third-order valence-electron chi connectivity index (χ3n) is 15.8. The number of cyclic esters (lactones) is 1. The molecule has 4 aliphatic rings. The summed E-state index contributed by atoms with van der Waals surface area (Å²) in [5.74, 6) is -2.03. The van der Waals surface area contributed by atoms with Crippen LogP contribution >= 0.6 is 0 Å². The van der Waals surface area contributed by atoms with Crippen LogP contribution in [0.25, 0.3) is 33.4 Å². The van der Waals surface area contributed by atoms with Gasteiger partial charge in [-0.3, -0.25) is 39.1 Å². The number of hydrogen-bond donors (Lipinski definition) is 2. The van der Waals surface area contributed by atoms with Gasteiger partial charge in [0.1, 0.15) is 24.8 Å². The minimum atomic E-state index is -1.24. The van der Waals surface area contributed by atoms with Gasteiger partial charge in [0, 0.05) is 111 Å². The van der Waals surface area contributed by atoms with Crippen LogP contribution in [0.3, 0.4) is 0 Å². The summed E-state index contributed by atoms with van der Waals surface area (Å²) in [6.45, 7) is 18.5. The second-order valence-electron chi connectivity index (χ2n) is 21.8. The van der Waals surface area contributed by atoms with Crippen molar-refractivity contribution in [2.75, 3.05) is 67.1 Å². The monoisotopic (exact) mass is 1020 g/mol. The van der Waals surface area contributed by atoms with E-state index in [1.165, 1.54) is 16.0 Å². The van der Waals surface area contributed by atoms with Gasteiger partial charge in [0.2, 0.25) is 11.8 Å². The zero-order chi connectivity index (χ0) is 53.2. The molecule has 17 nitrogen and oxygen atoms in total. The van der Waals surface area contributed by atoms with Crippen LogP contribution in [0, 0.1) is 11.3 Å². The number of urea groups is 1. The van der Waals surface area contributed by atoms with E-state index in [0.29, 0.717) is 88.3 Å². The van der Waals surface area contributed by atoms with Gasteiger partial charge in [-0.25, -0.2) is 14.6 Å². The van der Waals surface area contributed by atoms with Crippen LogP contribution in [0.15, 0.2) is 61.3 Å². The molecule has 3 aromatic heterocycles. The van der Waals surface area contributed by atoms with E-state index in [4.69, 9.17) is 19.4 Å². The molecule has 7 heterocycles. The molecule has 5 amide bonds. The van der Waals surface area contributed by atoms with Gasteiger partial charge in [0.15, 0.2) is 0 Å². The molecule has 2 N–H and O–H groups in total. The summed E-state index contributed by atoms with van der Waals surface area (Å²) in [4.78, 5) is 88.0. The number of nitrogens with one attached hydrogen (secondary N) is 2. The highest BCUT2D eigenvalue weighted by Gasteiger charge is 2.45. The summed E-state index contributed by atoms with van der Waals surface area (Å²) < 4.78 is 29.3. The Kier molecular flexibility index (Phi) is 16.3. The van der Waals surface area contributed by atoms with Gasteiger partial charge in [-0.15, -0.1) is 0 Å². The van der Waals surface area contributed by atoms with E-state index in [-0.39, 0.29) is 49.1 Å². The third-order valence-corrected chi connectivity index (χ3v) is 15.8. The number of methoxy groups -OCH3 is 1. The van der Waals surface area contributed by atoms with Crippen molar-refractivity contribution in [3.63, 3.8) is 0 Å². The first kappa shape index (κ1) is 54.0. The highest BCUT2D eigenvalue weighted by Crippen LogP contribution is 2.42. The Morgan fingerprint density at radius 3 is 2.50 bits per heavy atom. The van der Waals surface area contributed by atoms with Crippen molar-refractivity contribution in [3.8, 4) is 22.5 Å². The number of alkyl halides is 1. The van der Waals surface area contributed by atoms with E-state index in [1.807, 2.05) is 37.8 Å². The predicted octanol–water partition coefficient (Wildman–Crippen LogP) is 6.48. The van der Waals surface area contributed by atoms with Crippen molar-refractivity contribution in [2.24, 2.45) is 11.3 Å². The van der Waals surface area contributed by atoms with Gasteiger partial charge in [0.05, 0.1) is 29.8 Å². The number of pyridine rings is 2. The van der Waals surface area contributed by atoms with Crippen LogP contribution in [-0.4, -0.2) is 160 Å². The van der Waals surface area contributed by atoms with Gasteiger partial charge in [-0.2, -0.15) is 0 Å². The molecule has 6 bridgehead atoms. The molecule has 3 saturated heterocycles. The molecule has 4 aliphatic heterocycles. The molecule has 0 aliphatic carbocycles.